The third-order valence-electron chi connectivity index (χ3n) is 4.85. The van der Waals surface area contributed by atoms with Crippen molar-refractivity contribution in [2.45, 2.75) is 44.0 Å². The summed E-state index contributed by atoms with van der Waals surface area (Å²) in [7, 11) is 0. The summed E-state index contributed by atoms with van der Waals surface area (Å²) in [6, 6.07) is 15.6. The van der Waals surface area contributed by atoms with E-state index in [4.69, 9.17) is 16.3 Å². The van der Waals surface area contributed by atoms with E-state index in [1.54, 1.807) is 6.07 Å². The van der Waals surface area contributed by atoms with Gasteiger partial charge in [0, 0.05) is 11.7 Å². The Balaban J connectivity index is 1.40. The van der Waals surface area contributed by atoms with E-state index in [0.29, 0.717) is 16.8 Å². The number of ether oxygens (including phenoxy) is 1. The molecule has 1 saturated carbocycles. The van der Waals surface area contributed by atoms with Crippen LogP contribution in [0.3, 0.4) is 0 Å². The summed E-state index contributed by atoms with van der Waals surface area (Å²) in [5, 5.41) is 12.9. The molecule has 1 fully saturated rings. The molecule has 1 aromatic heterocycles. The second-order valence-corrected chi connectivity index (χ2v) is 8.42. The molecule has 0 radical (unpaired) electrons. The van der Waals surface area contributed by atoms with Gasteiger partial charge >= 0.3 is 0 Å². The molecule has 6 nitrogen and oxygen atoms in total. The van der Waals surface area contributed by atoms with Crippen LogP contribution in [-0.2, 0) is 17.8 Å². The SMILES string of the molecule is CCc1ccccc1NC(=O)CSc1nnc(COc2ccccc2Cl)n1C1CC1. The number of para-hydroxylation sites is 2. The Morgan fingerprint density at radius 3 is 2.73 bits per heavy atom. The number of anilines is 1. The van der Waals surface area contributed by atoms with Crippen molar-refractivity contribution in [3.05, 3.63) is 64.9 Å². The Morgan fingerprint density at radius 1 is 1.20 bits per heavy atom. The first kappa shape index (κ1) is 20.8. The van der Waals surface area contributed by atoms with Crippen LogP contribution < -0.4 is 10.1 Å². The number of nitrogens with one attached hydrogen (secondary N) is 1. The zero-order valence-electron chi connectivity index (χ0n) is 16.7. The van der Waals surface area contributed by atoms with Gasteiger partial charge in [0.15, 0.2) is 11.0 Å². The minimum Gasteiger partial charge on any atom is -0.484 e. The van der Waals surface area contributed by atoms with Crippen molar-refractivity contribution in [1.82, 2.24) is 14.8 Å². The number of hydrogen-bond donors (Lipinski definition) is 1. The molecule has 4 rings (SSSR count). The van der Waals surface area contributed by atoms with E-state index in [1.165, 1.54) is 11.8 Å². The van der Waals surface area contributed by atoms with E-state index < -0.39 is 0 Å². The summed E-state index contributed by atoms with van der Waals surface area (Å²) in [6.07, 6.45) is 3.04. The number of aryl methyl sites for hydroxylation is 1. The maximum absolute atomic E-state index is 12.5. The maximum atomic E-state index is 12.5. The van der Waals surface area contributed by atoms with Gasteiger partial charge in [0.05, 0.1) is 10.8 Å². The normalized spacial score (nSPS) is 13.3. The molecule has 1 aliphatic carbocycles. The predicted octanol–water partition coefficient (Wildman–Crippen LogP) is 5.14. The molecule has 0 atom stereocenters. The summed E-state index contributed by atoms with van der Waals surface area (Å²) < 4.78 is 7.93. The molecule has 0 unspecified atom stereocenters. The van der Waals surface area contributed by atoms with Gasteiger partial charge in [-0.25, -0.2) is 0 Å². The molecule has 2 aromatic carbocycles. The third-order valence-corrected chi connectivity index (χ3v) is 6.10. The average molecular weight is 443 g/mol. The highest BCUT2D eigenvalue weighted by atomic mass is 35.5. The molecule has 1 aliphatic rings. The number of aromatic nitrogens is 3. The predicted molar refractivity (Wildman–Crippen MR) is 119 cm³/mol. The van der Waals surface area contributed by atoms with Crippen LogP contribution in [0, 0.1) is 0 Å². The van der Waals surface area contributed by atoms with Crippen LogP contribution in [0.25, 0.3) is 0 Å². The van der Waals surface area contributed by atoms with Gasteiger partial charge in [-0.1, -0.05) is 60.6 Å². The van der Waals surface area contributed by atoms with Crippen LogP contribution in [0.1, 0.15) is 37.2 Å². The fourth-order valence-corrected chi connectivity index (χ4v) is 4.19. The third kappa shape index (κ3) is 4.96. The standard InChI is InChI=1S/C22H23ClN4O2S/c1-2-15-7-3-5-9-18(15)24-21(28)14-30-22-26-25-20(27(22)16-11-12-16)13-29-19-10-6-4-8-17(19)23/h3-10,16H,2,11-14H2,1H3,(H,24,28). The number of carbonyl (C=O) groups excluding carboxylic acids is 1. The highest BCUT2D eigenvalue weighted by Gasteiger charge is 2.30. The topological polar surface area (TPSA) is 69.0 Å². The molecule has 30 heavy (non-hydrogen) atoms. The molecular formula is C22H23ClN4O2S. The van der Waals surface area contributed by atoms with Crippen molar-refractivity contribution in [2.75, 3.05) is 11.1 Å². The van der Waals surface area contributed by atoms with Crippen molar-refractivity contribution in [3.8, 4) is 5.75 Å². The monoisotopic (exact) mass is 442 g/mol. The number of amides is 1. The smallest absolute Gasteiger partial charge is 0.234 e. The molecule has 1 heterocycles. The summed E-state index contributed by atoms with van der Waals surface area (Å²) in [6.45, 7) is 2.36. The van der Waals surface area contributed by atoms with Gasteiger partial charge in [-0.15, -0.1) is 10.2 Å². The number of halogens is 1. The van der Waals surface area contributed by atoms with Gasteiger partial charge in [-0.3, -0.25) is 9.36 Å². The zero-order chi connectivity index (χ0) is 20.9. The number of nitrogens with zero attached hydrogens (tertiary/aromatic N) is 3. The van der Waals surface area contributed by atoms with Crippen molar-refractivity contribution in [3.63, 3.8) is 0 Å². The fourth-order valence-electron chi connectivity index (χ4n) is 3.17. The van der Waals surface area contributed by atoms with Crippen LogP contribution in [0.15, 0.2) is 53.7 Å². The quantitative estimate of drug-likeness (QED) is 0.465. The molecule has 1 amide bonds. The lowest BCUT2D eigenvalue weighted by molar-refractivity contribution is -0.113. The van der Waals surface area contributed by atoms with E-state index in [-0.39, 0.29) is 18.3 Å². The molecule has 0 bridgehead atoms. The van der Waals surface area contributed by atoms with Crippen LogP contribution in [-0.4, -0.2) is 26.4 Å². The summed E-state index contributed by atoms with van der Waals surface area (Å²) >= 11 is 7.56. The zero-order valence-corrected chi connectivity index (χ0v) is 18.2. The summed E-state index contributed by atoms with van der Waals surface area (Å²) in [5.41, 5.74) is 1.99. The first-order valence-electron chi connectivity index (χ1n) is 9.97. The first-order chi connectivity index (χ1) is 14.7. The highest BCUT2D eigenvalue weighted by molar-refractivity contribution is 7.99. The summed E-state index contributed by atoms with van der Waals surface area (Å²) in [4.78, 5) is 12.5. The molecular weight excluding hydrogens is 420 g/mol. The van der Waals surface area contributed by atoms with Gasteiger partial charge in [0.1, 0.15) is 12.4 Å². The highest BCUT2D eigenvalue weighted by Crippen LogP contribution is 2.39. The van der Waals surface area contributed by atoms with Crippen molar-refractivity contribution in [2.24, 2.45) is 0 Å². The lowest BCUT2D eigenvalue weighted by atomic mass is 10.1. The first-order valence-corrected chi connectivity index (χ1v) is 11.3. The van der Waals surface area contributed by atoms with Crippen molar-refractivity contribution in [1.29, 1.82) is 0 Å². The molecule has 8 heteroatoms. The number of hydrogen-bond acceptors (Lipinski definition) is 5. The maximum Gasteiger partial charge on any atom is 0.234 e. The number of rotatable bonds is 9. The average Bonchev–Trinajstić information content (AvgIpc) is 3.52. The Hall–Kier alpha value is -2.51. The van der Waals surface area contributed by atoms with Crippen LogP contribution in [0.5, 0.6) is 5.75 Å². The Bertz CT molecular complexity index is 1040. The number of benzene rings is 2. The molecule has 0 saturated heterocycles. The fraction of sp³-hybridized carbons (Fsp3) is 0.318. The van der Waals surface area contributed by atoms with E-state index >= 15 is 0 Å². The van der Waals surface area contributed by atoms with E-state index in [2.05, 4.69) is 27.0 Å². The lowest BCUT2D eigenvalue weighted by Gasteiger charge is -2.11. The Kier molecular flexibility index (Phi) is 6.59. The molecule has 3 aromatic rings. The molecule has 156 valence electrons. The van der Waals surface area contributed by atoms with Gasteiger partial charge in [0.2, 0.25) is 5.91 Å². The number of thioether (sulfide) groups is 1. The van der Waals surface area contributed by atoms with E-state index in [0.717, 1.165) is 41.5 Å². The second-order valence-electron chi connectivity index (χ2n) is 7.07. The number of carbonyl (C=O) groups is 1. The largest absolute Gasteiger partial charge is 0.484 e. The minimum absolute atomic E-state index is 0.0554. The minimum atomic E-state index is -0.0554. The van der Waals surface area contributed by atoms with Gasteiger partial charge < -0.3 is 10.1 Å². The van der Waals surface area contributed by atoms with E-state index in [9.17, 15) is 4.79 Å². The second kappa shape index (κ2) is 9.53. The van der Waals surface area contributed by atoms with Crippen LogP contribution in [0.2, 0.25) is 5.02 Å². The van der Waals surface area contributed by atoms with Crippen LogP contribution in [0.4, 0.5) is 5.69 Å². The van der Waals surface area contributed by atoms with Crippen LogP contribution >= 0.6 is 23.4 Å². The van der Waals surface area contributed by atoms with Crippen molar-refractivity contribution >= 4 is 35.0 Å². The molecule has 0 spiro atoms. The van der Waals surface area contributed by atoms with E-state index in [1.807, 2.05) is 42.5 Å². The van der Waals surface area contributed by atoms with Gasteiger partial charge in [0.25, 0.3) is 0 Å². The molecule has 0 aliphatic heterocycles. The van der Waals surface area contributed by atoms with Gasteiger partial charge in [-0.05, 0) is 43.0 Å². The summed E-state index contributed by atoms with van der Waals surface area (Å²) in [5.74, 6) is 1.58. The van der Waals surface area contributed by atoms with Gasteiger partial charge in [-0.2, -0.15) is 0 Å². The lowest BCUT2D eigenvalue weighted by Crippen LogP contribution is -2.16. The molecule has 1 N–H and O–H groups in total. The Morgan fingerprint density at radius 2 is 1.97 bits per heavy atom. The Labute approximate surface area is 185 Å². The van der Waals surface area contributed by atoms with Crippen molar-refractivity contribution < 1.29 is 9.53 Å².